The van der Waals surface area contributed by atoms with Gasteiger partial charge in [-0.2, -0.15) is 0 Å². The lowest BCUT2D eigenvalue weighted by molar-refractivity contribution is 0.881. The van der Waals surface area contributed by atoms with Crippen LogP contribution >= 0.6 is 11.8 Å². The molecule has 1 heterocycles. The summed E-state index contributed by atoms with van der Waals surface area (Å²) in [5.41, 5.74) is 11.6. The molecule has 0 spiro atoms. The second kappa shape index (κ2) is 10.8. The highest BCUT2D eigenvalue weighted by atomic mass is 32.2. The summed E-state index contributed by atoms with van der Waals surface area (Å²) in [5, 5.41) is 5.60. The van der Waals surface area contributed by atoms with Gasteiger partial charge < -0.3 is 0 Å². The maximum Gasteiger partial charge on any atom is 0.0381 e. The van der Waals surface area contributed by atoms with E-state index in [0.717, 1.165) is 0 Å². The van der Waals surface area contributed by atoms with Crippen molar-refractivity contribution in [1.29, 1.82) is 0 Å². The van der Waals surface area contributed by atoms with Gasteiger partial charge in [0.15, 0.2) is 0 Å². The normalized spacial score (nSPS) is 16.6. The van der Waals surface area contributed by atoms with Crippen LogP contribution in [-0.4, -0.2) is 5.25 Å². The first-order valence-electron chi connectivity index (χ1n) is 15.7. The Morgan fingerprint density at radius 3 is 1.73 bits per heavy atom. The molecular weight excluding hydrogens is 561 g/mol. The highest BCUT2D eigenvalue weighted by Gasteiger charge is 2.32. The summed E-state index contributed by atoms with van der Waals surface area (Å²) in [5.74, 6) is 0.468. The van der Waals surface area contributed by atoms with Gasteiger partial charge in [0, 0.05) is 16.1 Å². The van der Waals surface area contributed by atoms with Crippen molar-refractivity contribution in [1.82, 2.24) is 0 Å². The number of rotatable bonds is 4. The zero-order valence-corrected chi connectivity index (χ0v) is 25.5. The number of hydrogen-bond acceptors (Lipinski definition) is 1. The Morgan fingerprint density at radius 2 is 0.956 bits per heavy atom. The van der Waals surface area contributed by atoms with Crippen molar-refractivity contribution in [3.05, 3.63) is 175 Å². The summed E-state index contributed by atoms with van der Waals surface area (Å²) in [6.45, 7) is 0. The minimum Gasteiger partial charge on any atom is -0.117 e. The van der Waals surface area contributed by atoms with E-state index in [1.165, 1.54) is 76.5 Å². The van der Waals surface area contributed by atoms with Crippen molar-refractivity contribution in [3.63, 3.8) is 0 Å². The summed E-state index contributed by atoms with van der Waals surface area (Å²) < 4.78 is 0. The Morgan fingerprint density at radius 1 is 0.400 bits per heavy atom. The lowest BCUT2D eigenvalue weighted by atomic mass is 9.89. The number of allylic oxidation sites excluding steroid dienone is 3. The first-order chi connectivity index (χ1) is 22.3. The van der Waals surface area contributed by atoms with Crippen LogP contribution in [0.4, 0.5) is 0 Å². The molecule has 0 saturated heterocycles. The van der Waals surface area contributed by atoms with Crippen molar-refractivity contribution >= 4 is 33.3 Å². The van der Waals surface area contributed by atoms with Gasteiger partial charge in [-0.3, -0.25) is 0 Å². The molecule has 2 aliphatic rings. The van der Waals surface area contributed by atoms with Crippen LogP contribution in [0.3, 0.4) is 0 Å². The maximum atomic E-state index is 2.38. The first kappa shape index (κ1) is 26.3. The minimum absolute atomic E-state index is 0.468. The number of fused-ring (bicyclic) bond motifs is 5. The second-order valence-electron chi connectivity index (χ2n) is 12.0. The molecule has 0 aromatic heterocycles. The number of hydrogen-bond donors (Lipinski definition) is 0. The van der Waals surface area contributed by atoms with Crippen LogP contribution in [0.25, 0.3) is 66.1 Å². The summed E-state index contributed by atoms with van der Waals surface area (Å²) in [7, 11) is 0. The summed E-state index contributed by atoms with van der Waals surface area (Å²) in [6.07, 6.45) is 9.09. The van der Waals surface area contributed by atoms with Crippen molar-refractivity contribution < 1.29 is 0 Å². The van der Waals surface area contributed by atoms with Crippen LogP contribution in [0.1, 0.15) is 11.5 Å². The molecule has 45 heavy (non-hydrogen) atoms. The molecule has 1 heteroatoms. The molecule has 7 aromatic carbocycles. The molecule has 0 bridgehead atoms. The standard InChI is InChI=1S/C44H30S/c1-2-14-34-29(10-1)11-8-18-35(34)30-22-24-31(25-23-30)36-26-27-37(40-16-4-3-15-39(36)40)32-12-7-13-33(28-32)38-19-9-20-42-41-17-5-6-21-43(41)45-44(38)42/h1-28,41,43H. The Balaban J connectivity index is 1.10. The van der Waals surface area contributed by atoms with Crippen LogP contribution in [-0.2, 0) is 0 Å². The van der Waals surface area contributed by atoms with Crippen LogP contribution < -0.4 is 0 Å². The quantitative estimate of drug-likeness (QED) is 0.196. The van der Waals surface area contributed by atoms with Gasteiger partial charge >= 0.3 is 0 Å². The number of benzene rings is 7. The maximum absolute atomic E-state index is 2.38. The molecule has 0 saturated carbocycles. The Hall–Kier alpha value is -5.11. The van der Waals surface area contributed by atoms with Gasteiger partial charge in [-0.05, 0) is 77.7 Å². The largest absolute Gasteiger partial charge is 0.117 e. The zero-order chi connectivity index (χ0) is 29.7. The molecule has 7 aromatic rings. The predicted octanol–water partition coefficient (Wildman–Crippen LogP) is 12.3. The Kier molecular flexibility index (Phi) is 6.32. The van der Waals surface area contributed by atoms with Gasteiger partial charge in [0.25, 0.3) is 0 Å². The smallest absolute Gasteiger partial charge is 0.0381 e. The molecule has 212 valence electrons. The summed E-state index contributed by atoms with van der Waals surface area (Å²) in [6, 6.07) is 53.7. The fraction of sp³-hybridized carbons (Fsp3) is 0.0455. The van der Waals surface area contributed by atoms with Crippen molar-refractivity contribution in [2.45, 2.75) is 16.1 Å². The third-order valence-electron chi connectivity index (χ3n) is 9.45. The van der Waals surface area contributed by atoms with Crippen LogP contribution in [0.5, 0.6) is 0 Å². The highest BCUT2D eigenvalue weighted by Crippen LogP contribution is 2.52. The van der Waals surface area contributed by atoms with E-state index in [2.05, 4.69) is 170 Å². The molecule has 0 N–H and O–H groups in total. The van der Waals surface area contributed by atoms with E-state index in [1.54, 1.807) is 0 Å². The highest BCUT2D eigenvalue weighted by molar-refractivity contribution is 8.00. The zero-order valence-electron chi connectivity index (χ0n) is 24.7. The predicted molar refractivity (Wildman–Crippen MR) is 194 cm³/mol. The van der Waals surface area contributed by atoms with E-state index >= 15 is 0 Å². The molecular formula is C44H30S. The SMILES string of the molecule is C1=CC2Sc3c(-c4cccc(-c5ccc(-c6ccc(-c7cccc8ccccc78)cc6)c6ccccc56)c4)cccc3C2C=C1. The van der Waals surface area contributed by atoms with Gasteiger partial charge in [0.1, 0.15) is 0 Å². The molecule has 0 radical (unpaired) electrons. The molecule has 9 rings (SSSR count). The second-order valence-corrected chi connectivity index (χ2v) is 13.2. The number of thioether (sulfide) groups is 1. The van der Waals surface area contributed by atoms with E-state index in [9.17, 15) is 0 Å². The molecule has 2 unspecified atom stereocenters. The fourth-order valence-corrected chi connectivity index (χ4v) is 8.73. The average molecular weight is 591 g/mol. The molecule has 2 atom stereocenters. The lowest BCUT2D eigenvalue weighted by Crippen LogP contribution is -2.06. The monoisotopic (exact) mass is 590 g/mol. The lowest BCUT2D eigenvalue weighted by Gasteiger charge is -2.15. The third kappa shape index (κ3) is 4.46. The fourth-order valence-electron chi connectivity index (χ4n) is 7.26. The minimum atomic E-state index is 0.468. The van der Waals surface area contributed by atoms with Gasteiger partial charge in [0.2, 0.25) is 0 Å². The molecule has 1 aliphatic carbocycles. The van der Waals surface area contributed by atoms with Crippen LogP contribution in [0.2, 0.25) is 0 Å². The van der Waals surface area contributed by atoms with E-state index in [4.69, 9.17) is 0 Å². The van der Waals surface area contributed by atoms with Gasteiger partial charge in [-0.1, -0.05) is 164 Å². The topological polar surface area (TPSA) is 0 Å². The summed E-state index contributed by atoms with van der Waals surface area (Å²) >= 11 is 2.01. The third-order valence-corrected chi connectivity index (χ3v) is 10.9. The van der Waals surface area contributed by atoms with Gasteiger partial charge in [0.05, 0.1) is 0 Å². The Labute approximate surface area is 268 Å². The van der Waals surface area contributed by atoms with E-state index in [-0.39, 0.29) is 0 Å². The average Bonchev–Trinajstić information content (AvgIpc) is 3.50. The van der Waals surface area contributed by atoms with Gasteiger partial charge in [-0.25, -0.2) is 0 Å². The van der Waals surface area contributed by atoms with Crippen molar-refractivity contribution in [2.24, 2.45) is 0 Å². The summed E-state index contributed by atoms with van der Waals surface area (Å²) in [4.78, 5) is 1.42. The molecule has 0 fully saturated rings. The Bertz CT molecular complexity index is 2300. The van der Waals surface area contributed by atoms with Crippen molar-refractivity contribution in [3.8, 4) is 44.5 Å². The van der Waals surface area contributed by atoms with Crippen LogP contribution in [0.15, 0.2) is 175 Å². The van der Waals surface area contributed by atoms with E-state index in [0.29, 0.717) is 11.2 Å². The van der Waals surface area contributed by atoms with Gasteiger partial charge in [-0.15, -0.1) is 11.8 Å². The van der Waals surface area contributed by atoms with Crippen LogP contribution in [0, 0.1) is 0 Å². The van der Waals surface area contributed by atoms with Crippen molar-refractivity contribution in [2.75, 3.05) is 0 Å². The first-order valence-corrected chi connectivity index (χ1v) is 16.6. The molecule has 0 nitrogen and oxygen atoms in total. The van der Waals surface area contributed by atoms with E-state index < -0.39 is 0 Å². The molecule has 1 aliphatic heterocycles. The van der Waals surface area contributed by atoms with E-state index in [1.807, 2.05) is 11.8 Å². The molecule has 0 amide bonds.